The molecule has 0 aromatic heterocycles. The monoisotopic (exact) mass is 418 g/mol. The van der Waals surface area contributed by atoms with Gasteiger partial charge < -0.3 is 10.6 Å². The van der Waals surface area contributed by atoms with Crippen LogP contribution in [0.4, 0.5) is 0 Å². The van der Waals surface area contributed by atoms with Crippen molar-refractivity contribution in [1.29, 1.82) is 0 Å². The third-order valence-corrected chi connectivity index (χ3v) is 6.02. The smallest absolute Gasteiger partial charge is 0.261 e. The number of benzene rings is 1. The van der Waals surface area contributed by atoms with E-state index < -0.39 is 6.04 Å². The number of carbonyl (C=O) groups is 2. The van der Waals surface area contributed by atoms with E-state index in [2.05, 4.69) is 35.3 Å². The molecule has 0 unspecified atom stereocenters. The Balaban J connectivity index is 1.82. The van der Waals surface area contributed by atoms with Crippen LogP contribution < -0.4 is 21.5 Å². The van der Waals surface area contributed by atoms with Crippen LogP contribution in [0.15, 0.2) is 30.3 Å². The number of carbonyl (C=O) groups excluding carboxylic acids is 2. The molecule has 1 aliphatic rings. The summed E-state index contributed by atoms with van der Waals surface area (Å²) in [5, 5.41) is 6.55. The van der Waals surface area contributed by atoms with Crippen molar-refractivity contribution < 1.29 is 9.59 Å². The Labute approximate surface area is 179 Å². The van der Waals surface area contributed by atoms with Gasteiger partial charge in [-0.15, -0.1) is 0 Å². The average Bonchev–Trinajstić information content (AvgIpc) is 2.68. The van der Waals surface area contributed by atoms with Crippen molar-refractivity contribution in [3.8, 4) is 0 Å². The largest absolute Gasteiger partial charge is 0.358 e. The van der Waals surface area contributed by atoms with Crippen molar-refractivity contribution in [1.82, 2.24) is 21.5 Å². The molecule has 0 radical (unpaired) electrons. The third kappa shape index (κ3) is 7.31. The van der Waals surface area contributed by atoms with Gasteiger partial charge in [0, 0.05) is 6.04 Å². The second kappa shape index (κ2) is 11.1. The maximum atomic E-state index is 12.6. The van der Waals surface area contributed by atoms with Crippen molar-refractivity contribution in [3.63, 3.8) is 0 Å². The van der Waals surface area contributed by atoms with E-state index in [4.69, 9.17) is 12.2 Å². The summed E-state index contributed by atoms with van der Waals surface area (Å²) in [6.07, 6.45) is 3.74. The second-order valence-electron chi connectivity index (χ2n) is 8.41. The van der Waals surface area contributed by atoms with Crippen LogP contribution in [0, 0.1) is 17.8 Å². The lowest BCUT2D eigenvalue weighted by atomic mass is 9.78. The maximum absolute atomic E-state index is 12.6. The van der Waals surface area contributed by atoms with E-state index in [9.17, 15) is 9.59 Å². The van der Waals surface area contributed by atoms with Crippen molar-refractivity contribution >= 4 is 29.1 Å². The van der Waals surface area contributed by atoms with Crippen LogP contribution in [0.3, 0.4) is 0 Å². The molecule has 160 valence electrons. The van der Waals surface area contributed by atoms with E-state index in [1.807, 2.05) is 44.2 Å². The highest BCUT2D eigenvalue weighted by Gasteiger charge is 2.28. The summed E-state index contributed by atoms with van der Waals surface area (Å²) in [5.41, 5.74) is 6.34. The zero-order valence-electron chi connectivity index (χ0n) is 17.8. The summed E-state index contributed by atoms with van der Waals surface area (Å²) in [4.78, 5) is 25.0. The summed E-state index contributed by atoms with van der Waals surface area (Å²) in [7, 11) is 0. The Morgan fingerprint density at radius 2 is 1.79 bits per heavy atom. The molecule has 29 heavy (non-hydrogen) atoms. The van der Waals surface area contributed by atoms with Gasteiger partial charge in [0.25, 0.3) is 5.91 Å². The molecule has 1 fully saturated rings. The van der Waals surface area contributed by atoms with Gasteiger partial charge >= 0.3 is 0 Å². The Morgan fingerprint density at radius 1 is 1.10 bits per heavy atom. The zero-order valence-corrected chi connectivity index (χ0v) is 18.6. The van der Waals surface area contributed by atoms with Gasteiger partial charge in [0.05, 0.1) is 6.42 Å². The average molecular weight is 419 g/mol. The fraction of sp³-hybridized carbons (Fsp3) is 0.591. The SMILES string of the molecule is CC(C)[C@H](NC(=O)Cc1ccccc1)C(=O)NNC(=S)N[C@@H]1CCC[C@H](C)[C@H]1C. The Kier molecular flexibility index (Phi) is 8.89. The van der Waals surface area contributed by atoms with Crippen molar-refractivity contribution in [3.05, 3.63) is 35.9 Å². The first-order valence-corrected chi connectivity index (χ1v) is 10.9. The van der Waals surface area contributed by atoms with Crippen molar-refractivity contribution in [2.24, 2.45) is 17.8 Å². The van der Waals surface area contributed by atoms with Gasteiger partial charge in [-0.25, -0.2) is 0 Å². The molecule has 1 aromatic carbocycles. The molecular formula is C22H34N4O2S. The summed E-state index contributed by atoms with van der Waals surface area (Å²) >= 11 is 5.35. The third-order valence-electron chi connectivity index (χ3n) is 5.80. The molecule has 1 aromatic rings. The van der Waals surface area contributed by atoms with Crippen molar-refractivity contribution in [2.45, 2.75) is 65.5 Å². The summed E-state index contributed by atoms with van der Waals surface area (Å²) in [6, 6.07) is 9.13. The predicted molar refractivity (Wildman–Crippen MR) is 120 cm³/mol. The molecule has 0 saturated heterocycles. The van der Waals surface area contributed by atoms with E-state index in [-0.39, 0.29) is 24.2 Å². The highest BCUT2D eigenvalue weighted by atomic mass is 32.1. The Morgan fingerprint density at radius 3 is 2.45 bits per heavy atom. The molecule has 6 nitrogen and oxygen atoms in total. The molecule has 0 bridgehead atoms. The first kappa shape index (κ1) is 23.1. The van der Waals surface area contributed by atoms with Gasteiger partial charge in [0.15, 0.2) is 5.11 Å². The van der Waals surface area contributed by atoms with Gasteiger partial charge in [-0.2, -0.15) is 0 Å². The molecule has 0 aliphatic heterocycles. The van der Waals surface area contributed by atoms with Crippen LogP contribution in [0.5, 0.6) is 0 Å². The summed E-state index contributed by atoms with van der Waals surface area (Å²) in [6.45, 7) is 8.30. The quantitative estimate of drug-likeness (QED) is 0.422. The number of rotatable bonds is 6. The van der Waals surface area contributed by atoms with Crippen molar-refractivity contribution in [2.75, 3.05) is 0 Å². The maximum Gasteiger partial charge on any atom is 0.261 e. The molecule has 4 N–H and O–H groups in total. The Hall–Kier alpha value is -2.15. The van der Waals surface area contributed by atoms with E-state index in [1.54, 1.807) is 0 Å². The first-order chi connectivity index (χ1) is 13.8. The predicted octanol–water partition coefficient (Wildman–Crippen LogP) is 2.69. The van der Waals surface area contributed by atoms with Crippen LogP contribution in [-0.2, 0) is 16.0 Å². The lowest BCUT2D eigenvalue weighted by molar-refractivity contribution is -0.130. The fourth-order valence-electron chi connectivity index (χ4n) is 3.73. The molecular weight excluding hydrogens is 384 g/mol. The van der Waals surface area contributed by atoms with Crippen LogP contribution >= 0.6 is 12.2 Å². The van der Waals surface area contributed by atoms with Crippen LogP contribution in [0.25, 0.3) is 0 Å². The van der Waals surface area contributed by atoms with Gasteiger partial charge in [0.1, 0.15) is 6.04 Å². The Bertz CT molecular complexity index is 695. The van der Waals surface area contributed by atoms with Crippen LogP contribution in [0.1, 0.15) is 52.5 Å². The molecule has 0 heterocycles. The summed E-state index contributed by atoms with van der Waals surface area (Å²) < 4.78 is 0. The normalized spacial score (nSPS) is 22.4. The highest BCUT2D eigenvalue weighted by molar-refractivity contribution is 7.80. The van der Waals surface area contributed by atoms with Crippen LogP contribution in [-0.4, -0.2) is 29.0 Å². The molecule has 4 atom stereocenters. The van der Waals surface area contributed by atoms with E-state index >= 15 is 0 Å². The molecule has 7 heteroatoms. The molecule has 0 spiro atoms. The van der Waals surface area contributed by atoms with Gasteiger partial charge in [-0.05, 0) is 42.0 Å². The number of hydrazine groups is 1. The number of hydrogen-bond donors (Lipinski definition) is 4. The lowest BCUT2D eigenvalue weighted by Crippen LogP contribution is -2.57. The molecule has 1 saturated carbocycles. The van der Waals surface area contributed by atoms with Gasteiger partial charge in [-0.1, -0.05) is 70.9 Å². The molecule has 1 aliphatic carbocycles. The lowest BCUT2D eigenvalue weighted by Gasteiger charge is -2.35. The van der Waals surface area contributed by atoms with E-state index in [1.165, 1.54) is 12.8 Å². The molecule has 2 rings (SSSR count). The molecule has 2 amide bonds. The number of hydrogen-bond acceptors (Lipinski definition) is 3. The minimum Gasteiger partial charge on any atom is -0.358 e. The van der Waals surface area contributed by atoms with E-state index in [0.717, 1.165) is 12.0 Å². The van der Waals surface area contributed by atoms with Gasteiger partial charge in [0.2, 0.25) is 5.91 Å². The highest BCUT2D eigenvalue weighted by Crippen LogP contribution is 2.29. The number of thiocarbonyl (C=S) groups is 1. The number of amides is 2. The topological polar surface area (TPSA) is 82.3 Å². The zero-order chi connectivity index (χ0) is 21.4. The van der Waals surface area contributed by atoms with Crippen LogP contribution in [0.2, 0.25) is 0 Å². The minimum absolute atomic E-state index is 0.0581. The number of nitrogens with one attached hydrogen (secondary N) is 4. The standard InChI is InChI=1S/C22H34N4O2S/c1-14(2)20(24-19(27)13-17-10-6-5-7-11-17)21(28)25-26-22(29)23-18-12-8-9-15(3)16(18)4/h5-7,10-11,14-16,18,20H,8-9,12-13H2,1-4H3,(H,24,27)(H,25,28)(H2,23,26,29)/t15-,16+,18+,20-/m0/s1. The second-order valence-corrected chi connectivity index (χ2v) is 8.82. The first-order valence-electron chi connectivity index (χ1n) is 10.5. The van der Waals surface area contributed by atoms with E-state index in [0.29, 0.717) is 23.0 Å². The van der Waals surface area contributed by atoms with Gasteiger partial charge in [-0.3, -0.25) is 20.4 Å². The fourth-order valence-corrected chi connectivity index (χ4v) is 3.93. The minimum atomic E-state index is -0.643. The summed E-state index contributed by atoms with van der Waals surface area (Å²) in [5.74, 6) is 0.632.